The summed E-state index contributed by atoms with van der Waals surface area (Å²) >= 11 is 0. The third-order valence-corrected chi connectivity index (χ3v) is 4.97. The van der Waals surface area contributed by atoms with E-state index < -0.39 is 0 Å². The van der Waals surface area contributed by atoms with Gasteiger partial charge in [0.2, 0.25) is 11.8 Å². The number of benzene rings is 1. The van der Waals surface area contributed by atoms with Crippen LogP contribution in [-0.2, 0) is 9.59 Å². The van der Waals surface area contributed by atoms with E-state index in [9.17, 15) is 14.0 Å². The molecule has 2 aliphatic heterocycles. The zero-order valence-electron chi connectivity index (χ0n) is 15.9. The maximum atomic E-state index is 13.1. The number of hydrogen-bond acceptors (Lipinski definition) is 5. The van der Waals surface area contributed by atoms with E-state index in [0.717, 1.165) is 5.56 Å². The standard InChI is InChI=1S/C19H28FN5O2/c1-13(2)21-18(26)12-24-7-9-25(10-8-24)19(27)17-11-16(22-23-17)14-3-5-15(20)6-4-14/h3-6,13,16-17,22-23H,7-12H2,1-2H3,(H,21,26). The summed E-state index contributed by atoms with van der Waals surface area (Å²) < 4.78 is 13.1. The zero-order valence-corrected chi connectivity index (χ0v) is 15.9. The van der Waals surface area contributed by atoms with Gasteiger partial charge in [-0.05, 0) is 38.0 Å². The fourth-order valence-corrected chi connectivity index (χ4v) is 3.55. The molecule has 2 unspecified atom stereocenters. The molecular weight excluding hydrogens is 349 g/mol. The van der Waals surface area contributed by atoms with Crippen LogP contribution in [0, 0.1) is 5.82 Å². The Kier molecular flexibility index (Phi) is 6.41. The van der Waals surface area contributed by atoms with Crippen molar-refractivity contribution in [3.05, 3.63) is 35.6 Å². The first-order chi connectivity index (χ1) is 12.9. The molecule has 0 spiro atoms. The Hall–Kier alpha value is -2.03. The van der Waals surface area contributed by atoms with Crippen LogP contribution in [0.1, 0.15) is 31.9 Å². The summed E-state index contributed by atoms with van der Waals surface area (Å²) in [5.74, 6) is -0.177. The second-order valence-corrected chi connectivity index (χ2v) is 7.50. The van der Waals surface area contributed by atoms with Crippen LogP contribution in [0.3, 0.4) is 0 Å². The number of hydrogen-bond donors (Lipinski definition) is 3. The minimum absolute atomic E-state index is 0.0134. The Labute approximate surface area is 159 Å². The number of amides is 2. The van der Waals surface area contributed by atoms with Crippen molar-refractivity contribution in [3.8, 4) is 0 Å². The van der Waals surface area contributed by atoms with Crippen LogP contribution >= 0.6 is 0 Å². The van der Waals surface area contributed by atoms with Gasteiger partial charge in [-0.3, -0.25) is 14.5 Å². The van der Waals surface area contributed by atoms with Crippen LogP contribution in [0.25, 0.3) is 0 Å². The second-order valence-electron chi connectivity index (χ2n) is 7.50. The topological polar surface area (TPSA) is 76.7 Å². The molecule has 2 heterocycles. The molecule has 2 aliphatic rings. The van der Waals surface area contributed by atoms with E-state index in [2.05, 4.69) is 21.1 Å². The van der Waals surface area contributed by atoms with Crippen LogP contribution in [0.5, 0.6) is 0 Å². The number of rotatable bonds is 5. The molecule has 3 N–H and O–H groups in total. The van der Waals surface area contributed by atoms with E-state index in [1.807, 2.05) is 18.7 Å². The highest BCUT2D eigenvalue weighted by Crippen LogP contribution is 2.23. The number of carbonyl (C=O) groups is 2. The lowest BCUT2D eigenvalue weighted by Gasteiger charge is -2.35. The Balaban J connectivity index is 1.46. The van der Waals surface area contributed by atoms with Crippen LogP contribution in [0.4, 0.5) is 4.39 Å². The van der Waals surface area contributed by atoms with Gasteiger partial charge in [0, 0.05) is 38.3 Å². The van der Waals surface area contributed by atoms with Gasteiger partial charge in [-0.25, -0.2) is 15.2 Å². The van der Waals surface area contributed by atoms with Gasteiger partial charge in [-0.2, -0.15) is 0 Å². The summed E-state index contributed by atoms with van der Waals surface area (Å²) in [6.07, 6.45) is 0.626. The lowest BCUT2D eigenvalue weighted by atomic mass is 10.0. The van der Waals surface area contributed by atoms with Gasteiger partial charge in [-0.1, -0.05) is 12.1 Å². The molecule has 2 fully saturated rings. The molecule has 8 heteroatoms. The first kappa shape index (κ1) is 19.7. The quantitative estimate of drug-likeness (QED) is 0.693. The third-order valence-electron chi connectivity index (χ3n) is 4.97. The molecule has 0 radical (unpaired) electrons. The van der Waals surface area contributed by atoms with Crippen molar-refractivity contribution in [2.75, 3.05) is 32.7 Å². The molecule has 1 aromatic carbocycles. The molecule has 2 amide bonds. The first-order valence-corrected chi connectivity index (χ1v) is 9.49. The second kappa shape index (κ2) is 8.77. The van der Waals surface area contributed by atoms with E-state index in [4.69, 9.17) is 0 Å². The predicted octanol–water partition coefficient (Wildman–Crippen LogP) is 0.402. The summed E-state index contributed by atoms with van der Waals surface area (Å²) in [6.45, 7) is 6.88. The number of carbonyl (C=O) groups excluding carboxylic acids is 2. The maximum absolute atomic E-state index is 13.1. The molecule has 27 heavy (non-hydrogen) atoms. The molecule has 2 atom stereocenters. The molecule has 3 rings (SSSR count). The molecule has 0 aromatic heterocycles. The highest BCUT2D eigenvalue weighted by molar-refractivity contribution is 5.82. The Morgan fingerprint density at radius 3 is 2.44 bits per heavy atom. The minimum atomic E-state index is -0.296. The Bertz CT molecular complexity index is 659. The van der Waals surface area contributed by atoms with Crippen LogP contribution in [0.15, 0.2) is 24.3 Å². The summed E-state index contributed by atoms with van der Waals surface area (Å²) in [6, 6.07) is 6.17. The predicted molar refractivity (Wildman–Crippen MR) is 100 cm³/mol. The Morgan fingerprint density at radius 2 is 1.81 bits per heavy atom. The van der Waals surface area contributed by atoms with Gasteiger partial charge in [0.15, 0.2) is 0 Å². The van der Waals surface area contributed by atoms with E-state index in [1.54, 1.807) is 12.1 Å². The van der Waals surface area contributed by atoms with E-state index in [-0.39, 0.29) is 35.8 Å². The summed E-state index contributed by atoms with van der Waals surface area (Å²) in [7, 11) is 0. The lowest BCUT2D eigenvalue weighted by Crippen LogP contribution is -2.55. The fourth-order valence-electron chi connectivity index (χ4n) is 3.55. The average molecular weight is 377 g/mol. The highest BCUT2D eigenvalue weighted by atomic mass is 19.1. The largest absolute Gasteiger partial charge is 0.353 e. The van der Waals surface area contributed by atoms with Gasteiger partial charge >= 0.3 is 0 Å². The number of hydrazine groups is 1. The summed E-state index contributed by atoms with van der Waals surface area (Å²) in [4.78, 5) is 28.6. The smallest absolute Gasteiger partial charge is 0.241 e. The first-order valence-electron chi connectivity index (χ1n) is 9.49. The molecule has 0 aliphatic carbocycles. The number of nitrogens with one attached hydrogen (secondary N) is 3. The third kappa shape index (κ3) is 5.24. The molecule has 148 valence electrons. The van der Waals surface area contributed by atoms with Gasteiger partial charge in [0.1, 0.15) is 11.9 Å². The number of piperazine rings is 1. The Morgan fingerprint density at radius 1 is 1.15 bits per heavy atom. The number of nitrogens with zero attached hydrogens (tertiary/aromatic N) is 2. The molecular formula is C19H28FN5O2. The minimum Gasteiger partial charge on any atom is -0.353 e. The maximum Gasteiger partial charge on any atom is 0.241 e. The van der Waals surface area contributed by atoms with E-state index >= 15 is 0 Å². The fraction of sp³-hybridized carbons (Fsp3) is 0.579. The average Bonchev–Trinajstić information content (AvgIpc) is 3.12. The highest BCUT2D eigenvalue weighted by Gasteiger charge is 2.34. The summed E-state index contributed by atoms with van der Waals surface area (Å²) in [5, 5.41) is 2.89. The monoisotopic (exact) mass is 377 g/mol. The normalized spacial score (nSPS) is 23.6. The zero-order chi connectivity index (χ0) is 19.4. The van der Waals surface area contributed by atoms with Crippen LogP contribution in [-0.4, -0.2) is 66.4 Å². The van der Waals surface area contributed by atoms with Crippen molar-refractivity contribution in [1.29, 1.82) is 0 Å². The van der Waals surface area contributed by atoms with Gasteiger partial charge in [0.05, 0.1) is 6.54 Å². The van der Waals surface area contributed by atoms with Crippen molar-refractivity contribution in [2.24, 2.45) is 0 Å². The van der Waals surface area contributed by atoms with Gasteiger partial charge < -0.3 is 10.2 Å². The number of halogens is 1. The van der Waals surface area contributed by atoms with Gasteiger partial charge in [-0.15, -0.1) is 0 Å². The molecule has 7 nitrogen and oxygen atoms in total. The van der Waals surface area contributed by atoms with E-state index in [0.29, 0.717) is 39.1 Å². The molecule has 1 aromatic rings. The molecule has 2 saturated heterocycles. The van der Waals surface area contributed by atoms with Crippen molar-refractivity contribution in [2.45, 2.75) is 38.4 Å². The van der Waals surface area contributed by atoms with Gasteiger partial charge in [0.25, 0.3) is 0 Å². The molecule has 0 bridgehead atoms. The van der Waals surface area contributed by atoms with Crippen molar-refractivity contribution < 1.29 is 14.0 Å². The van der Waals surface area contributed by atoms with Crippen LogP contribution in [0.2, 0.25) is 0 Å². The van der Waals surface area contributed by atoms with Crippen molar-refractivity contribution in [3.63, 3.8) is 0 Å². The van der Waals surface area contributed by atoms with Crippen molar-refractivity contribution in [1.82, 2.24) is 26.0 Å². The molecule has 0 saturated carbocycles. The van der Waals surface area contributed by atoms with Crippen molar-refractivity contribution >= 4 is 11.8 Å². The summed E-state index contributed by atoms with van der Waals surface area (Å²) in [5.41, 5.74) is 7.16. The lowest BCUT2D eigenvalue weighted by molar-refractivity contribution is -0.135. The SMILES string of the molecule is CC(C)NC(=O)CN1CCN(C(=O)C2CC(c3ccc(F)cc3)NN2)CC1. The van der Waals surface area contributed by atoms with Crippen LogP contribution < -0.4 is 16.2 Å². The van der Waals surface area contributed by atoms with E-state index in [1.165, 1.54) is 12.1 Å².